The van der Waals surface area contributed by atoms with Crippen LogP contribution in [0.5, 0.6) is 5.75 Å². The zero-order valence-electron chi connectivity index (χ0n) is 16.1. The molecule has 0 aliphatic carbocycles. The Bertz CT molecular complexity index is 947. The van der Waals surface area contributed by atoms with Gasteiger partial charge in [-0.25, -0.2) is 4.79 Å². The lowest BCUT2D eigenvalue weighted by atomic mass is 10.1. The highest BCUT2D eigenvalue weighted by Gasteiger charge is 2.23. The number of aromatic nitrogens is 3. The number of benzene rings is 2. The van der Waals surface area contributed by atoms with Crippen LogP contribution in [-0.2, 0) is 0 Å². The lowest BCUT2D eigenvalue weighted by Gasteiger charge is -2.34. The first-order valence-electron chi connectivity index (χ1n) is 9.64. The van der Waals surface area contributed by atoms with Crippen LogP contribution >= 0.6 is 0 Å². The number of rotatable bonds is 5. The predicted molar refractivity (Wildman–Crippen MR) is 105 cm³/mol. The third-order valence-corrected chi connectivity index (χ3v) is 5.09. The summed E-state index contributed by atoms with van der Waals surface area (Å²) in [7, 11) is 0. The topological polar surface area (TPSA) is 69.5 Å². The van der Waals surface area contributed by atoms with E-state index in [0.29, 0.717) is 28.4 Å². The molecule has 28 heavy (non-hydrogen) atoms. The third-order valence-electron chi connectivity index (χ3n) is 5.09. The first-order valence-corrected chi connectivity index (χ1v) is 9.64. The third kappa shape index (κ3) is 3.84. The lowest BCUT2D eigenvalue weighted by Crippen LogP contribution is -2.41. The molecule has 3 aromatic rings. The molecule has 2 aromatic carbocycles. The maximum Gasteiger partial charge on any atom is 0.365 e. The molecule has 1 aliphatic heterocycles. The quantitative estimate of drug-likeness (QED) is 0.634. The molecule has 0 atom stereocenters. The molecule has 0 spiro atoms. The second kappa shape index (κ2) is 7.98. The first-order chi connectivity index (χ1) is 13.6. The number of hydrogen-bond acceptors (Lipinski definition) is 6. The Balaban J connectivity index is 1.49. The van der Waals surface area contributed by atoms with Gasteiger partial charge >= 0.3 is 5.97 Å². The minimum absolute atomic E-state index is 0.151. The Labute approximate surface area is 163 Å². The van der Waals surface area contributed by atoms with Gasteiger partial charge in [0.1, 0.15) is 17.4 Å². The van der Waals surface area contributed by atoms with Crippen molar-refractivity contribution < 1.29 is 14.4 Å². The summed E-state index contributed by atoms with van der Waals surface area (Å²) in [6, 6.07) is 14.9. The molecule has 0 radical (unpaired) electrons. The standard InChI is InChI=1S/C21H24N4O3/c1-15(2)24-13-11-17(12-14-24)27-19-10-6-9-18-20(19)22-23-25(18)28-21(26)16-7-4-3-5-8-16/h3-10,15,17H,11-14H2,1-2H3. The van der Waals surface area contributed by atoms with E-state index in [1.54, 1.807) is 24.3 Å². The van der Waals surface area contributed by atoms with Crippen LogP contribution in [0.25, 0.3) is 11.0 Å². The van der Waals surface area contributed by atoms with Gasteiger partial charge in [0.25, 0.3) is 0 Å². The molecular formula is C21H24N4O3. The monoisotopic (exact) mass is 380 g/mol. The van der Waals surface area contributed by atoms with Crippen molar-refractivity contribution >= 4 is 17.0 Å². The van der Waals surface area contributed by atoms with Crippen LogP contribution in [0.3, 0.4) is 0 Å². The number of ether oxygens (including phenoxy) is 1. The van der Waals surface area contributed by atoms with Crippen molar-refractivity contribution in [1.82, 2.24) is 20.1 Å². The van der Waals surface area contributed by atoms with E-state index in [2.05, 4.69) is 29.1 Å². The fourth-order valence-electron chi connectivity index (χ4n) is 3.46. The largest absolute Gasteiger partial charge is 0.488 e. The SMILES string of the molecule is CC(C)N1CCC(Oc2cccc3c2nnn3OC(=O)c2ccccc2)CC1. The predicted octanol–water partition coefficient (Wildman–Crippen LogP) is 2.95. The van der Waals surface area contributed by atoms with E-state index in [1.165, 1.54) is 0 Å². The molecule has 1 saturated heterocycles. The Kier molecular flexibility index (Phi) is 5.25. The van der Waals surface area contributed by atoms with E-state index in [4.69, 9.17) is 9.57 Å². The van der Waals surface area contributed by atoms with E-state index < -0.39 is 5.97 Å². The molecule has 1 aliphatic rings. The van der Waals surface area contributed by atoms with Gasteiger partial charge in [0.05, 0.1) is 5.56 Å². The van der Waals surface area contributed by atoms with Crippen molar-refractivity contribution in [3.63, 3.8) is 0 Å². The average Bonchev–Trinajstić information content (AvgIpc) is 3.13. The van der Waals surface area contributed by atoms with Crippen LogP contribution in [0.15, 0.2) is 48.5 Å². The Hall–Kier alpha value is -2.93. The summed E-state index contributed by atoms with van der Waals surface area (Å²) in [5.74, 6) is 0.183. The smallest absolute Gasteiger partial charge is 0.365 e. The Morgan fingerprint density at radius 1 is 1.07 bits per heavy atom. The molecule has 4 rings (SSSR count). The highest BCUT2D eigenvalue weighted by atomic mass is 16.7. The second-order valence-corrected chi connectivity index (χ2v) is 7.28. The average molecular weight is 380 g/mol. The van der Waals surface area contributed by atoms with E-state index in [-0.39, 0.29) is 6.10 Å². The molecule has 0 saturated carbocycles. The highest BCUT2D eigenvalue weighted by molar-refractivity contribution is 5.90. The molecule has 0 unspecified atom stereocenters. The van der Waals surface area contributed by atoms with Crippen molar-refractivity contribution in [2.75, 3.05) is 13.1 Å². The summed E-state index contributed by atoms with van der Waals surface area (Å²) in [5, 5.41) is 8.16. The summed E-state index contributed by atoms with van der Waals surface area (Å²) >= 11 is 0. The second-order valence-electron chi connectivity index (χ2n) is 7.28. The number of likely N-dealkylation sites (tertiary alicyclic amines) is 1. The number of hydrogen-bond donors (Lipinski definition) is 0. The molecule has 2 heterocycles. The maximum atomic E-state index is 12.3. The van der Waals surface area contributed by atoms with Crippen molar-refractivity contribution in [3.8, 4) is 5.75 Å². The molecule has 146 valence electrons. The summed E-state index contributed by atoms with van der Waals surface area (Å²) in [4.78, 5) is 21.3. The minimum atomic E-state index is -0.486. The summed E-state index contributed by atoms with van der Waals surface area (Å²) in [5.41, 5.74) is 1.64. The van der Waals surface area contributed by atoms with Gasteiger partial charge in [-0.2, -0.15) is 0 Å². The van der Waals surface area contributed by atoms with Crippen LogP contribution in [0, 0.1) is 0 Å². The van der Waals surface area contributed by atoms with Gasteiger partial charge < -0.3 is 14.5 Å². The fraction of sp³-hybridized carbons (Fsp3) is 0.381. The van der Waals surface area contributed by atoms with Gasteiger partial charge in [0.15, 0.2) is 5.52 Å². The zero-order chi connectivity index (χ0) is 19.5. The van der Waals surface area contributed by atoms with Crippen LogP contribution in [0.4, 0.5) is 0 Å². The number of fused-ring (bicyclic) bond motifs is 1. The number of carbonyl (C=O) groups excluding carboxylic acids is 1. The van der Waals surface area contributed by atoms with E-state index >= 15 is 0 Å². The van der Waals surface area contributed by atoms with Crippen LogP contribution < -0.4 is 9.57 Å². The van der Waals surface area contributed by atoms with Gasteiger partial charge in [0, 0.05) is 19.1 Å². The maximum absolute atomic E-state index is 12.3. The molecule has 7 nitrogen and oxygen atoms in total. The van der Waals surface area contributed by atoms with E-state index in [9.17, 15) is 4.79 Å². The Morgan fingerprint density at radius 3 is 2.54 bits per heavy atom. The van der Waals surface area contributed by atoms with Gasteiger partial charge in [-0.1, -0.05) is 29.1 Å². The summed E-state index contributed by atoms with van der Waals surface area (Å²) < 4.78 is 6.22. The van der Waals surface area contributed by atoms with Gasteiger partial charge in [-0.3, -0.25) is 0 Å². The van der Waals surface area contributed by atoms with E-state index in [0.717, 1.165) is 30.8 Å². The molecular weight excluding hydrogens is 356 g/mol. The van der Waals surface area contributed by atoms with Gasteiger partial charge in [-0.15, -0.1) is 5.10 Å². The van der Waals surface area contributed by atoms with Crippen molar-refractivity contribution in [2.24, 2.45) is 0 Å². The molecule has 7 heteroatoms. The number of carbonyl (C=O) groups is 1. The molecule has 0 N–H and O–H groups in total. The number of nitrogens with zero attached hydrogens (tertiary/aromatic N) is 4. The van der Waals surface area contributed by atoms with Crippen LogP contribution in [-0.4, -0.2) is 51.3 Å². The fourth-order valence-corrected chi connectivity index (χ4v) is 3.46. The zero-order valence-corrected chi connectivity index (χ0v) is 16.1. The first kappa shape index (κ1) is 18.4. The van der Waals surface area contributed by atoms with Crippen molar-refractivity contribution in [3.05, 3.63) is 54.1 Å². The molecule has 0 bridgehead atoms. The molecule has 1 aromatic heterocycles. The normalized spacial score (nSPS) is 15.8. The van der Waals surface area contributed by atoms with Crippen molar-refractivity contribution in [1.29, 1.82) is 0 Å². The van der Waals surface area contributed by atoms with E-state index in [1.807, 2.05) is 24.3 Å². The van der Waals surface area contributed by atoms with Crippen molar-refractivity contribution in [2.45, 2.75) is 38.8 Å². The van der Waals surface area contributed by atoms with Gasteiger partial charge in [0.2, 0.25) is 0 Å². The minimum Gasteiger partial charge on any atom is -0.488 e. The molecule has 0 amide bonds. The molecule has 1 fully saturated rings. The van der Waals surface area contributed by atoms with Crippen LogP contribution in [0.2, 0.25) is 0 Å². The van der Waals surface area contributed by atoms with Gasteiger partial charge in [-0.05, 0) is 56.2 Å². The Morgan fingerprint density at radius 2 is 1.82 bits per heavy atom. The van der Waals surface area contributed by atoms with Crippen LogP contribution in [0.1, 0.15) is 37.0 Å². The highest BCUT2D eigenvalue weighted by Crippen LogP contribution is 2.26. The lowest BCUT2D eigenvalue weighted by molar-refractivity contribution is 0.0408. The number of piperidine rings is 1. The summed E-state index contributed by atoms with van der Waals surface area (Å²) in [6.45, 7) is 6.49. The summed E-state index contributed by atoms with van der Waals surface area (Å²) in [6.07, 6.45) is 2.11.